The van der Waals surface area contributed by atoms with Gasteiger partial charge < -0.3 is 10.2 Å². The number of hydrogen-bond donors (Lipinski definition) is 1. The summed E-state index contributed by atoms with van der Waals surface area (Å²) in [5.74, 6) is 0.0482. The molecule has 1 N–H and O–H groups in total. The van der Waals surface area contributed by atoms with Crippen LogP contribution >= 0.6 is 0 Å². The Morgan fingerprint density at radius 1 is 1.38 bits per heavy atom. The molecule has 21 heavy (non-hydrogen) atoms. The molecule has 6 heteroatoms. The molecule has 1 saturated heterocycles. The molecule has 0 aromatic carbocycles. The summed E-state index contributed by atoms with van der Waals surface area (Å²) in [6, 6.07) is 1.51. The molecule has 2 amide bonds. The van der Waals surface area contributed by atoms with Crippen molar-refractivity contribution in [1.29, 1.82) is 0 Å². The minimum atomic E-state index is -0.655. The topological polar surface area (TPSA) is 67.2 Å². The van der Waals surface area contributed by atoms with E-state index in [1.807, 2.05) is 26.2 Å². The fraction of sp³-hybridized carbons (Fsp3) is 0.667. The lowest BCUT2D eigenvalue weighted by Crippen LogP contribution is -2.69. The third kappa shape index (κ3) is 2.32. The van der Waals surface area contributed by atoms with E-state index < -0.39 is 5.54 Å². The van der Waals surface area contributed by atoms with E-state index in [-0.39, 0.29) is 17.9 Å². The van der Waals surface area contributed by atoms with E-state index in [0.717, 1.165) is 31.4 Å². The Balaban J connectivity index is 1.89. The molecular formula is C15H22N4O2. The molecule has 1 aliphatic heterocycles. The van der Waals surface area contributed by atoms with Crippen LogP contribution in [0.2, 0.25) is 0 Å². The minimum Gasteiger partial charge on any atom is -0.340 e. The molecular weight excluding hydrogens is 268 g/mol. The Bertz CT molecular complexity index is 560. The van der Waals surface area contributed by atoms with Gasteiger partial charge in [-0.05, 0) is 25.3 Å². The lowest BCUT2D eigenvalue weighted by atomic mass is 9.90. The van der Waals surface area contributed by atoms with Gasteiger partial charge in [0.1, 0.15) is 11.6 Å². The lowest BCUT2D eigenvalue weighted by molar-refractivity contribution is -0.155. The van der Waals surface area contributed by atoms with Gasteiger partial charge in [-0.3, -0.25) is 14.3 Å². The van der Waals surface area contributed by atoms with Crippen molar-refractivity contribution in [2.45, 2.75) is 57.2 Å². The Morgan fingerprint density at radius 2 is 2.10 bits per heavy atom. The van der Waals surface area contributed by atoms with Gasteiger partial charge in [0.25, 0.3) is 0 Å². The summed E-state index contributed by atoms with van der Waals surface area (Å²) >= 11 is 0. The molecule has 114 valence electrons. The number of aromatic nitrogens is 2. The highest BCUT2D eigenvalue weighted by Gasteiger charge is 2.51. The van der Waals surface area contributed by atoms with Crippen molar-refractivity contribution >= 4 is 11.8 Å². The van der Waals surface area contributed by atoms with Crippen LogP contribution in [0.4, 0.5) is 0 Å². The Morgan fingerprint density at radius 3 is 2.67 bits per heavy atom. The molecule has 1 atom stereocenters. The molecule has 1 aromatic heterocycles. The second-order valence-electron chi connectivity index (χ2n) is 6.12. The van der Waals surface area contributed by atoms with Gasteiger partial charge >= 0.3 is 0 Å². The second kappa shape index (κ2) is 5.16. The lowest BCUT2D eigenvalue weighted by Gasteiger charge is -2.44. The van der Waals surface area contributed by atoms with Crippen LogP contribution in [0, 0.1) is 0 Å². The first-order chi connectivity index (χ1) is 10.1. The van der Waals surface area contributed by atoms with Crippen LogP contribution < -0.4 is 5.32 Å². The van der Waals surface area contributed by atoms with E-state index in [1.165, 1.54) is 0 Å². The van der Waals surface area contributed by atoms with Gasteiger partial charge in [-0.2, -0.15) is 5.10 Å². The van der Waals surface area contributed by atoms with Crippen LogP contribution in [0.15, 0.2) is 12.3 Å². The monoisotopic (exact) mass is 290 g/mol. The van der Waals surface area contributed by atoms with Gasteiger partial charge in [0.15, 0.2) is 0 Å². The first-order valence-electron chi connectivity index (χ1n) is 7.67. The molecule has 1 spiro atoms. The van der Waals surface area contributed by atoms with Crippen LogP contribution in [0.1, 0.15) is 44.7 Å². The molecule has 0 radical (unpaired) electrons. The average molecular weight is 290 g/mol. The van der Waals surface area contributed by atoms with Crippen molar-refractivity contribution in [3.8, 4) is 0 Å². The number of rotatable bonds is 3. The molecule has 2 fully saturated rings. The largest absolute Gasteiger partial charge is 0.340 e. The normalized spacial score (nSPS) is 24.7. The number of aryl methyl sites for hydroxylation is 1. The number of carbonyl (C=O) groups excluding carboxylic acids is 2. The zero-order chi connectivity index (χ0) is 15.0. The van der Waals surface area contributed by atoms with E-state index in [1.54, 1.807) is 9.58 Å². The zero-order valence-electron chi connectivity index (χ0n) is 12.6. The fourth-order valence-corrected chi connectivity index (χ4v) is 3.56. The molecule has 2 heterocycles. The van der Waals surface area contributed by atoms with E-state index in [9.17, 15) is 9.59 Å². The van der Waals surface area contributed by atoms with Crippen molar-refractivity contribution in [3.63, 3.8) is 0 Å². The molecule has 1 aromatic rings. The van der Waals surface area contributed by atoms with E-state index in [2.05, 4.69) is 10.4 Å². The van der Waals surface area contributed by atoms with E-state index >= 15 is 0 Å². The Kier molecular flexibility index (Phi) is 3.47. The smallest absolute Gasteiger partial charge is 0.249 e. The molecule has 1 aliphatic carbocycles. The van der Waals surface area contributed by atoms with Gasteiger partial charge in [-0.25, -0.2) is 0 Å². The third-order valence-electron chi connectivity index (χ3n) is 4.66. The molecule has 1 unspecified atom stereocenters. The van der Waals surface area contributed by atoms with Gasteiger partial charge in [0.05, 0.1) is 12.2 Å². The molecule has 0 bridgehead atoms. The maximum absolute atomic E-state index is 13.0. The summed E-state index contributed by atoms with van der Waals surface area (Å²) in [6.07, 6.45) is 6.00. The maximum Gasteiger partial charge on any atom is 0.249 e. The first kappa shape index (κ1) is 14.1. The number of carbonyl (C=O) groups is 2. The highest BCUT2D eigenvalue weighted by atomic mass is 16.2. The summed E-state index contributed by atoms with van der Waals surface area (Å²) in [6.45, 7) is 2.35. The number of nitrogens with zero attached hydrogens (tertiary/aromatic N) is 3. The summed E-state index contributed by atoms with van der Waals surface area (Å²) in [5, 5.41) is 7.35. The summed E-state index contributed by atoms with van der Waals surface area (Å²) < 4.78 is 1.72. The molecule has 2 aliphatic rings. The quantitative estimate of drug-likeness (QED) is 0.902. The maximum atomic E-state index is 13.0. The molecule has 3 rings (SSSR count). The number of nitrogens with one attached hydrogen (secondary N) is 1. The summed E-state index contributed by atoms with van der Waals surface area (Å²) in [4.78, 5) is 27.1. The number of hydrogen-bond acceptors (Lipinski definition) is 3. The predicted octanol–water partition coefficient (Wildman–Crippen LogP) is 0.970. The van der Waals surface area contributed by atoms with Crippen molar-refractivity contribution in [3.05, 3.63) is 18.0 Å². The average Bonchev–Trinajstić information content (AvgIpc) is 3.06. The van der Waals surface area contributed by atoms with Crippen molar-refractivity contribution in [1.82, 2.24) is 20.0 Å². The van der Waals surface area contributed by atoms with Crippen LogP contribution in [-0.2, 0) is 23.2 Å². The number of piperazine rings is 1. The second-order valence-corrected chi connectivity index (χ2v) is 6.12. The van der Waals surface area contributed by atoms with Crippen LogP contribution in [-0.4, -0.2) is 38.1 Å². The fourth-order valence-electron chi connectivity index (χ4n) is 3.56. The SMILES string of the molecule is CCC1C(=O)NC2(CCCC2)C(=O)N1Cc1ccn(C)n1. The van der Waals surface area contributed by atoms with Gasteiger partial charge in [0, 0.05) is 13.2 Å². The van der Waals surface area contributed by atoms with Crippen molar-refractivity contribution in [2.24, 2.45) is 7.05 Å². The van der Waals surface area contributed by atoms with Crippen molar-refractivity contribution < 1.29 is 9.59 Å². The van der Waals surface area contributed by atoms with Crippen molar-refractivity contribution in [2.75, 3.05) is 0 Å². The van der Waals surface area contributed by atoms with E-state index in [4.69, 9.17) is 0 Å². The van der Waals surface area contributed by atoms with E-state index in [0.29, 0.717) is 13.0 Å². The van der Waals surface area contributed by atoms with Gasteiger partial charge in [0.2, 0.25) is 11.8 Å². The van der Waals surface area contributed by atoms with Gasteiger partial charge in [-0.15, -0.1) is 0 Å². The standard InChI is InChI=1S/C15H22N4O2/c1-3-12-13(20)16-15(7-4-5-8-15)14(21)19(12)10-11-6-9-18(2)17-11/h6,9,12H,3-5,7-8,10H2,1-2H3,(H,16,20). The Labute approximate surface area is 124 Å². The summed E-state index contributed by atoms with van der Waals surface area (Å²) in [7, 11) is 1.85. The molecule has 1 saturated carbocycles. The van der Waals surface area contributed by atoms with Crippen LogP contribution in [0.5, 0.6) is 0 Å². The predicted molar refractivity (Wildman–Crippen MR) is 77.2 cm³/mol. The Hall–Kier alpha value is -1.85. The first-order valence-corrected chi connectivity index (χ1v) is 7.67. The number of amides is 2. The molecule has 6 nitrogen and oxygen atoms in total. The minimum absolute atomic E-state index is 0.0186. The van der Waals surface area contributed by atoms with Crippen LogP contribution in [0.25, 0.3) is 0 Å². The van der Waals surface area contributed by atoms with Crippen LogP contribution in [0.3, 0.4) is 0 Å². The zero-order valence-corrected chi connectivity index (χ0v) is 12.6. The highest BCUT2D eigenvalue weighted by Crippen LogP contribution is 2.35. The summed E-state index contributed by atoms with van der Waals surface area (Å²) in [5.41, 5.74) is 0.171. The third-order valence-corrected chi connectivity index (χ3v) is 4.66. The highest BCUT2D eigenvalue weighted by molar-refractivity contribution is 6.00. The van der Waals surface area contributed by atoms with Gasteiger partial charge in [-0.1, -0.05) is 19.8 Å².